The Morgan fingerprint density at radius 2 is 1.90 bits per heavy atom. The molecule has 1 fully saturated rings. The Balaban J connectivity index is 1.36. The summed E-state index contributed by atoms with van der Waals surface area (Å²) in [5, 5.41) is 6.83. The number of aryl methyl sites for hydroxylation is 1. The number of anilines is 2. The lowest BCUT2D eigenvalue weighted by Gasteiger charge is -2.28. The SMILES string of the molecule is Cc1ccnc2nc(C(=O)OC(C)C(=O)Nc3ccc(N4CCOCC4)cc3)nn12. The molecule has 0 radical (unpaired) electrons. The zero-order valence-electron chi connectivity index (χ0n) is 16.7. The van der Waals surface area contributed by atoms with Gasteiger partial charge in [-0.1, -0.05) is 0 Å². The van der Waals surface area contributed by atoms with Crippen molar-refractivity contribution in [2.45, 2.75) is 20.0 Å². The molecule has 3 aromatic rings. The highest BCUT2D eigenvalue weighted by molar-refractivity contribution is 5.96. The average Bonchev–Trinajstić information content (AvgIpc) is 3.21. The third-order valence-corrected chi connectivity index (χ3v) is 4.78. The van der Waals surface area contributed by atoms with Crippen molar-refractivity contribution in [3.05, 3.63) is 48.0 Å². The van der Waals surface area contributed by atoms with Crippen LogP contribution in [-0.4, -0.2) is 63.9 Å². The number of fused-ring (bicyclic) bond motifs is 1. The number of nitrogens with one attached hydrogen (secondary N) is 1. The lowest BCUT2D eigenvalue weighted by molar-refractivity contribution is -0.123. The largest absolute Gasteiger partial charge is 0.447 e. The summed E-state index contributed by atoms with van der Waals surface area (Å²) in [6, 6.07) is 9.25. The fraction of sp³-hybridized carbons (Fsp3) is 0.350. The van der Waals surface area contributed by atoms with Crippen LogP contribution in [0.4, 0.5) is 11.4 Å². The summed E-state index contributed by atoms with van der Waals surface area (Å²) in [6.07, 6.45) is 0.562. The monoisotopic (exact) mass is 410 g/mol. The third kappa shape index (κ3) is 4.23. The number of hydrogen-bond acceptors (Lipinski definition) is 8. The van der Waals surface area contributed by atoms with E-state index in [2.05, 4.69) is 25.3 Å². The van der Waals surface area contributed by atoms with Gasteiger partial charge in [0.05, 0.1) is 13.2 Å². The average molecular weight is 410 g/mol. The molecule has 1 atom stereocenters. The van der Waals surface area contributed by atoms with Gasteiger partial charge in [0, 0.05) is 36.4 Å². The number of nitrogens with zero attached hydrogens (tertiary/aromatic N) is 5. The Morgan fingerprint density at radius 3 is 2.60 bits per heavy atom. The quantitative estimate of drug-likeness (QED) is 0.629. The second kappa shape index (κ2) is 8.46. The van der Waals surface area contributed by atoms with Gasteiger partial charge in [-0.3, -0.25) is 4.79 Å². The van der Waals surface area contributed by atoms with Crippen LogP contribution in [0.2, 0.25) is 0 Å². The van der Waals surface area contributed by atoms with E-state index in [-0.39, 0.29) is 5.82 Å². The van der Waals surface area contributed by atoms with Crippen LogP contribution >= 0.6 is 0 Å². The van der Waals surface area contributed by atoms with Crippen molar-refractivity contribution < 1.29 is 19.1 Å². The number of carbonyl (C=O) groups is 2. The van der Waals surface area contributed by atoms with Crippen LogP contribution in [0.15, 0.2) is 36.5 Å². The van der Waals surface area contributed by atoms with Gasteiger partial charge in [0.25, 0.3) is 17.5 Å². The standard InChI is InChI=1S/C20H22N6O4/c1-13-7-8-21-20-23-17(24-26(13)20)19(28)30-14(2)18(27)22-15-3-5-16(6-4-15)25-9-11-29-12-10-25/h3-8,14H,9-12H2,1-2H3,(H,22,27). The molecular formula is C20H22N6O4. The minimum absolute atomic E-state index is 0.147. The summed E-state index contributed by atoms with van der Waals surface area (Å²) in [6.45, 7) is 6.40. The van der Waals surface area contributed by atoms with Crippen LogP contribution in [0, 0.1) is 6.92 Å². The number of amides is 1. The lowest BCUT2D eigenvalue weighted by atomic mass is 10.2. The summed E-state index contributed by atoms with van der Waals surface area (Å²) in [4.78, 5) is 35.1. The van der Waals surface area contributed by atoms with E-state index in [1.165, 1.54) is 11.4 Å². The molecule has 1 aliphatic heterocycles. The predicted molar refractivity (Wildman–Crippen MR) is 109 cm³/mol. The molecule has 0 aliphatic carbocycles. The van der Waals surface area contributed by atoms with Gasteiger partial charge in [-0.2, -0.15) is 4.98 Å². The topological polar surface area (TPSA) is 111 Å². The third-order valence-electron chi connectivity index (χ3n) is 4.78. The molecule has 0 spiro atoms. The molecule has 1 aromatic carbocycles. The first-order valence-corrected chi connectivity index (χ1v) is 9.64. The Bertz CT molecular complexity index is 1060. The summed E-state index contributed by atoms with van der Waals surface area (Å²) >= 11 is 0. The van der Waals surface area contributed by atoms with Crippen molar-refractivity contribution >= 4 is 29.0 Å². The highest BCUT2D eigenvalue weighted by Crippen LogP contribution is 2.19. The van der Waals surface area contributed by atoms with Crippen LogP contribution in [0.25, 0.3) is 5.78 Å². The number of rotatable bonds is 5. The maximum atomic E-state index is 12.4. The Labute approximate surface area is 172 Å². The van der Waals surface area contributed by atoms with E-state index >= 15 is 0 Å². The normalized spacial score (nSPS) is 15.1. The first kappa shape index (κ1) is 19.8. The summed E-state index contributed by atoms with van der Waals surface area (Å²) in [7, 11) is 0. The zero-order chi connectivity index (χ0) is 21.1. The second-order valence-electron chi connectivity index (χ2n) is 6.92. The molecule has 30 heavy (non-hydrogen) atoms. The highest BCUT2D eigenvalue weighted by atomic mass is 16.5. The lowest BCUT2D eigenvalue weighted by Crippen LogP contribution is -2.36. The van der Waals surface area contributed by atoms with E-state index in [9.17, 15) is 9.59 Å². The van der Waals surface area contributed by atoms with Crippen molar-refractivity contribution in [3.63, 3.8) is 0 Å². The highest BCUT2D eigenvalue weighted by Gasteiger charge is 2.23. The number of aromatic nitrogens is 4. The number of benzene rings is 1. The van der Waals surface area contributed by atoms with Gasteiger partial charge in [0.1, 0.15) is 0 Å². The fourth-order valence-electron chi connectivity index (χ4n) is 3.08. The summed E-state index contributed by atoms with van der Waals surface area (Å²) < 4.78 is 12.0. The zero-order valence-corrected chi connectivity index (χ0v) is 16.7. The number of esters is 1. The van der Waals surface area contributed by atoms with Crippen molar-refractivity contribution in [2.75, 3.05) is 36.5 Å². The van der Waals surface area contributed by atoms with Gasteiger partial charge in [-0.15, -0.1) is 5.10 Å². The molecule has 0 bridgehead atoms. The molecule has 3 heterocycles. The van der Waals surface area contributed by atoms with Crippen LogP contribution in [0.1, 0.15) is 23.2 Å². The van der Waals surface area contributed by atoms with Crippen LogP contribution in [-0.2, 0) is 14.3 Å². The first-order chi connectivity index (χ1) is 14.5. The van der Waals surface area contributed by atoms with Gasteiger partial charge < -0.3 is 19.7 Å². The number of hydrogen-bond donors (Lipinski definition) is 1. The van der Waals surface area contributed by atoms with Crippen LogP contribution < -0.4 is 10.2 Å². The molecule has 1 N–H and O–H groups in total. The Morgan fingerprint density at radius 1 is 1.17 bits per heavy atom. The Kier molecular flexibility index (Phi) is 5.57. The van der Waals surface area contributed by atoms with E-state index in [0.29, 0.717) is 24.7 Å². The first-order valence-electron chi connectivity index (χ1n) is 9.64. The van der Waals surface area contributed by atoms with Crippen molar-refractivity contribution in [1.29, 1.82) is 0 Å². The number of carbonyl (C=O) groups excluding carboxylic acids is 2. The van der Waals surface area contributed by atoms with E-state index in [0.717, 1.165) is 24.5 Å². The number of ether oxygens (including phenoxy) is 2. The van der Waals surface area contributed by atoms with E-state index < -0.39 is 18.0 Å². The molecule has 156 valence electrons. The predicted octanol–water partition coefficient (Wildman–Crippen LogP) is 1.45. The van der Waals surface area contributed by atoms with Gasteiger partial charge in [-0.25, -0.2) is 14.3 Å². The Hall–Kier alpha value is -3.53. The van der Waals surface area contributed by atoms with Crippen molar-refractivity contribution in [1.82, 2.24) is 19.6 Å². The van der Waals surface area contributed by atoms with E-state index in [1.807, 2.05) is 31.2 Å². The maximum Gasteiger partial charge on any atom is 0.379 e. The van der Waals surface area contributed by atoms with Gasteiger partial charge >= 0.3 is 5.97 Å². The molecule has 10 nitrogen and oxygen atoms in total. The smallest absolute Gasteiger partial charge is 0.379 e. The molecule has 0 saturated carbocycles. The van der Waals surface area contributed by atoms with Gasteiger partial charge in [0.2, 0.25) is 0 Å². The van der Waals surface area contributed by atoms with Crippen LogP contribution in [0.3, 0.4) is 0 Å². The molecule has 10 heteroatoms. The molecule has 1 aliphatic rings. The molecule has 1 amide bonds. The minimum atomic E-state index is -1.02. The van der Waals surface area contributed by atoms with E-state index in [1.54, 1.807) is 12.3 Å². The van der Waals surface area contributed by atoms with Gasteiger partial charge in [-0.05, 0) is 44.2 Å². The number of morpholine rings is 1. The van der Waals surface area contributed by atoms with Crippen LogP contribution in [0.5, 0.6) is 0 Å². The summed E-state index contributed by atoms with van der Waals surface area (Å²) in [5.74, 6) is -1.09. The maximum absolute atomic E-state index is 12.4. The minimum Gasteiger partial charge on any atom is -0.447 e. The van der Waals surface area contributed by atoms with Crippen molar-refractivity contribution in [2.24, 2.45) is 0 Å². The fourth-order valence-corrected chi connectivity index (χ4v) is 3.08. The molecule has 1 saturated heterocycles. The summed E-state index contributed by atoms with van der Waals surface area (Å²) in [5.41, 5.74) is 2.46. The molecule has 2 aromatic heterocycles. The molecule has 1 unspecified atom stereocenters. The van der Waals surface area contributed by atoms with E-state index in [4.69, 9.17) is 9.47 Å². The van der Waals surface area contributed by atoms with Crippen molar-refractivity contribution in [3.8, 4) is 0 Å². The molecule has 4 rings (SSSR count). The second-order valence-corrected chi connectivity index (χ2v) is 6.92. The van der Waals surface area contributed by atoms with Gasteiger partial charge in [0.15, 0.2) is 6.10 Å². The molecular weight excluding hydrogens is 388 g/mol.